The summed E-state index contributed by atoms with van der Waals surface area (Å²) in [7, 11) is 0. The van der Waals surface area contributed by atoms with E-state index in [4.69, 9.17) is 5.26 Å². The van der Waals surface area contributed by atoms with Gasteiger partial charge in [0.05, 0.1) is 23.0 Å². The number of nitriles is 1. The van der Waals surface area contributed by atoms with E-state index in [2.05, 4.69) is 37.5 Å². The van der Waals surface area contributed by atoms with Crippen molar-refractivity contribution in [2.45, 2.75) is 39.7 Å². The Labute approximate surface area is 113 Å². The van der Waals surface area contributed by atoms with Crippen molar-refractivity contribution in [1.29, 1.82) is 5.26 Å². The molecule has 1 aromatic rings. The number of nitrogens with one attached hydrogen (secondary N) is 2. The van der Waals surface area contributed by atoms with Gasteiger partial charge in [0.15, 0.2) is 0 Å². The predicted molar refractivity (Wildman–Crippen MR) is 75.9 cm³/mol. The third-order valence-electron chi connectivity index (χ3n) is 3.07. The summed E-state index contributed by atoms with van der Waals surface area (Å²) in [6.07, 6.45) is 1.35. The van der Waals surface area contributed by atoms with E-state index < -0.39 is 0 Å². The highest BCUT2D eigenvalue weighted by atomic mass is 16.1. The van der Waals surface area contributed by atoms with Crippen molar-refractivity contribution < 1.29 is 4.79 Å². The van der Waals surface area contributed by atoms with E-state index in [1.807, 2.05) is 0 Å². The number of rotatable bonds is 1. The Hall–Kier alpha value is -2.02. The second-order valence-corrected chi connectivity index (χ2v) is 6.23. The quantitative estimate of drug-likeness (QED) is 0.812. The van der Waals surface area contributed by atoms with E-state index in [1.165, 1.54) is 0 Å². The fourth-order valence-corrected chi connectivity index (χ4v) is 2.40. The minimum absolute atomic E-state index is 0.0187. The molecular weight excluding hydrogens is 238 g/mol. The van der Waals surface area contributed by atoms with Crippen LogP contribution in [0.4, 0.5) is 11.4 Å². The molecule has 2 N–H and O–H groups in total. The van der Waals surface area contributed by atoms with Crippen LogP contribution in [0.1, 0.15) is 39.2 Å². The van der Waals surface area contributed by atoms with Crippen LogP contribution in [-0.4, -0.2) is 11.9 Å². The Balaban J connectivity index is 2.29. The van der Waals surface area contributed by atoms with Gasteiger partial charge in [-0.15, -0.1) is 0 Å². The van der Waals surface area contributed by atoms with Crippen molar-refractivity contribution in [3.05, 3.63) is 23.8 Å². The first kappa shape index (κ1) is 13.4. The number of carbonyl (C=O) groups is 1. The van der Waals surface area contributed by atoms with E-state index in [9.17, 15) is 4.79 Å². The molecule has 0 saturated heterocycles. The van der Waals surface area contributed by atoms with Crippen LogP contribution in [0.25, 0.3) is 0 Å². The summed E-state index contributed by atoms with van der Waals surface area (Å²) in [6.45, 7) is 6.47. The predicted octanol–water partition coefficient (Wildman–Crippen LogP) is 3.12. The molecule has 0 bridgehead atoms. The van der Waals surface area contributed by atoms with Crippen molar-refractivity contribution >= 4 is 17.3 Å². The van der Waals surface area contributed by atoms with Gasteiger partial charge in [0.1, 0.15) is 0 Å². The smallest absolute Gasteiger partial charge is 0.226 e. The molecule has 1 atom stereocenters. The van der Waals surface area contributed by atoms with Gasteiger partial charge in [0.25, 0.3) is 0 Å². The van der Waals surface area contributed by atoms with E-state index in [0.29, 0.717) is 12.0 Å². The minimum atomic E-state index is 0.0187. The normalized spacial score (nSPS) is 18.6. The Bertz CT molecular complexity index is 537. The average Bonchev–Trinajstić information content (AvgIpc) is 2.43. The highest BCUT2D eigenvalue weighted by Gasteiger charge is 2.25. The van der Waals surface area contributed by atoms with Gasteiger partial charge >= 0.3 is 0 Å². The number of amides is 1. The maximum atomic E-state index is 11.9. The lowest BCUT2D eigenvalue weighted by Gasteiger charge is -2.25. The topological polar surface area (TPSA) is 64.9 Å². The fourth-order valence-electron chi connectivity index (χ4n) is 2.40. The zero-order chi connectivity index (χ0) is 14.0. The van der Waals surface area contributed by atoms with Gasteiger partial charge in [-0.2, -0.15) is 5.26 Å². The number of benzene rings is 1. The van der Waals surface area contributed by atoms with Crippen molar-refractivity contribution in [3.8, 4) is 6.07 Å². The van der Waals surface area contributed by atoms with E-state index in [0.717, 1.165) is 17.8 Å². The van der Waals surface area contributed by atoms with Crippen LogP contribution >= 0.6 is 0 Å². The molecule has 0 radical (unpaired) electrons. The van der Waals surface area contributed by atoms with Gasteiger partial charge in [0, 0.05) is 12.5 Å². The number of hydrogen-bond acceptors (Lipinski definition) is 3. The number of anilines is 2. The van der Waals surface area contributed by atoms with Crippen molar-refractivity contribution in [3.63, 3.8) is 0 Å². The Kier molecular flexibility index (Phi) is 3.48. The molecule has 4 heteroatoms. The lowest BCUT2D eigenvalue weighted by molar-refractivity contribution is -0.116. The number of hydrogen-bond donors (Lipinski definition) is 2. The number of nitrogens with zero attached hydrogens (tertiary/aromatic N) is 1. The van der Waals surface area contributed by atoms with Crippen molar-refractivity contribution in [2.24, 2.45) is 5.41 Å². The van der Waals surface area contributed by atoms with Gasteiger partial charge in [-0.05, 0) is 30.0 Å². The van der Waals surface area contributed by atoms with Crippen LogP contribution in [0, 0.1) is 16.7 Å². The molecule has 0 spiro atoms. The van der Waals surface area contributed by atoms with Crippen LogP contribution in [0.15, 0.2) is 18.2 Å². The van der Waals surface area contributed by atoms with E-state index in [1.54, 1.807) is 18.2 Å². The lowest BCUT2D eigenvalue weighted by atomic mass is 9.87. The zero-order valence-corrected chi connectivity index (χ0v) is 11.6. The third kappa shape index (κ3) is 3.47. The first-order chi connectivity index (χ1) is 8.87. The van der Waals surface area contributed by atoms with Gasteiger partial charge in [-0.25, -0.2) is 0 Å². The summed E-state index contributed by atoms with van der Waals surface area (Å²) >= 11 is 0. The molecule has 1 unspecified atom stereocenters. The highest BCUT2D eigenvalue weighted by molar-refractivity contribution is 5.96. The molecule has 0 saturated carbocycles. The average molecular weight is 257 g/mol. The van der Waals surface area contributed by atoms with Crippen LogP contribution in [0.2, 0.25) is 0 Å². The molecule has 0 aliphatic carbocycles. The maximum Gasteiger partial charge on any atom is 0.226 e. The van der Waals surface area contributed by atoms with Crippen LogP contribution in [0.3, 0.4) is 0 Å². The molecule has 2 rings (SSSR count). The van der Waals surface area contributed by atoms with Gasteiger partial charge < -0.3 is 10.6 Å². The molecule has 1 amide bonds. The van der Waals surface area contributed by atoms with Crippen LogP contribution < -0.4 is 10.6 Å². The number of carbonyl (C=O) groups excluding carboxylic acids is 1. The molecule has 1 aliphatic heterocycles. The molecule has 100 valence electrons. The maximum absolute atomic E-state index is 11.9. The van der Waals surface area contributed by atoms with Gasteiger partial charge in [-0.3, -0.25) is 4.79 Å². The number of fused-ring (bicyclic) bond motifs is 1. The third-order valence-corrected chi connectivity index (χ3v) is 3.07. The summed E-state index contributed by atoms with van der Waals surface area (Å²) in [6, 6.07) is 7.49. The second kappa shape index (κ2) is 4.93. The monoisotopic (exact) mass is 257 g/mol. The molecule has 4 nitrogen and oxygen atoms in total. The van der Waals surface area contributed by atoms with Gasteiger partial charge in [-0.1, -0.05) is 20.8 Å². The molecular formula is C15H19N3O. The summed E-state index contributed by atoms with van der Waals surface area (Å²) < 4.78 is 0. The Morgan fingerprint density at radius 2 is 2.11 bits per heavy atom. The van der Waals surface area contributed by atoms with E-state index in [-0.39, 0.29) is 17.4 Å². The molecule has 0 aromatic heterocycles. The Morgan fingerprint density at radius 3 is 2.74 bits per heavy atom. The first-order valence-electron chi connectivity index (χ1n) is 6.48. The summed E-state index contributed by atoms with van der Waals surface area (Å²) in [5.41, 5.74) is 2.33. The molecule has 0 fully saturated rings. The highest BCUT2D eigenvalue weighted by Crippen LogP contribution is 2.31. The summed E-state index contributed by atoms with van der Waals surface area (Å²) in [5, 5.41) is 15.2. The lowest BCUT2D eigenvalue weighted by Crippen LogP contribution is -2.27. The van der Waals surface area contributed by atoms with Crippen LogP contribution in [0.5, 0.6) is 0 Å². The fraction of sp³-hybridized carbons (Fsp3) is 0.467. The standard InChI is InChI=1S/C15H19N3O/c1-15(2,3)8-11-7-14(19)18-12-5-4-10(9-16)6-13(12)17-11/h4-6,11,17H,7-8H2,1-3H3,(H,18,19). The molecule has 1 aliphatic rings. The van der Waals surface area contributed by atoms with E-state index >= 15 is 0 Å². The van der Waals surface area contributed by atoms with Crippen LogP contribution in [-0.2, 0) is 4.79 Å². The first-order valence-corrected chi connectivity index (χ1v) is 6.48. The van der Waals surface area contributed by atoms with Gasteiger partial charge in [0.2, 0.25) is 5.91 Å². The van der Waals surface area contributed by atoms with Crippen molar-refractivity contribution in [1.82, 2.24) is 0 Å². The molecule has 1 aromatic carbocycles. The molecule has 19 heavy (non-hydrogen) atoms. The van der Waals surface area contributed by atoms with Crippen molar-refractivity contribution in [2.75, 3.05) is 10.6 Å². The largest absolute Gasteiger partial charge is 0.380 e. The molecule has 1 heterocycles. The SMILES string of the molecule is CC(C)(C)CC1CC(=O)Nc2ccc(C#N)cc2N1. The minimum Gasteiger partial charge on any atom is -0.380 e. The zero-order valence-electron chi connectivity index (χ0n) is 11.6. The Morgan fingerprint density at radius 1 is 1.37 bits per heavy atom. The summed E-state index contributed by atoms with van der Waals surface area (Å²) in [5.74, 6) is 0.0187. The summed E-state index contributed by atoms with van der Waals surface area (Å²) in [4.78, 5) is 11.9. The second-order valence-electron chi connectivity index (χ2n) is 6.23.